The lowest BCUT2D eigenvalue weighted by atomic mass is 10.2. The highest BCUT2D eigenvalue weighted by Crippen LogP contribution is 2.02. The molecular weight excluding hydrogens is 370 g/mol. The molecule has 0 atom stereocenters. The number of benzene rings is 2. The van der Waals surface area contributed by atoms with Crippen LogP contribution in [0.3, 0.4) is 0 Å². The monoisotopic (exact) mass is 393 g/mol. The minimum Gasteiger partial charge on any atom is -0.282 e. The van der Waals surface area contributed by atoms with Gasteiger partial charge in [0.15, 0.2) is 0 Å². The third-order valence-corrected chi connectivity index (χ3v) is 3.69. The van der Waals surface area contributed by atoms with Crippen molar-refractivity contribution < 1.29 is 13.0 Å². The van der Waals surface area contributed by atoms with Crippen LogP contribution in [-0.4, -0.2) is 18.0 Å². The highest BCUT2D eigenvalue weighted by atomic mass is 32.2. The van der Waals surface area contributed by atoms with Gasteiger partial charge in [-0.2, -0.15) is 8.42 Å². The summed E-state index contributed by atoms with van der Waals surface area (Å²) in [6.07, 6.45) is 8.45. The lowest BCUT2D eigenvalue weighted by Gasteiger charge is -1.89. The molecule has 4 nitrogen and oxygen atoms in total. The van der Waals surface area contributed by atoms with E-state index >= 15 is 0 Å². The normalized spacial score (nSPS) is 10.0. The van der Waals surface area contributed by atoms with Crippen molar-refractivity contribution in [2.24, 2.45) is 0 Å². The highest BCUT2D eigenvalue weighted by molar-refractivity contribution is 7.88. The predicted octanol–water partition coefficient (Wildman–Crippen LogP) is 5.60. The summed E-state index contributed by atoms with van der Waals surface area (Å²) in [5, 5.41) is 0.752. The smallest absolute Gasteiger partial charge is 0.282 e. The summed E-state index contributed by atoms with van der Waals surface area (Å²) in [5.74, 6) is 0. The molecule has 144 valence electrons. The van der Waals surface area contributed by atoms with E-state index in [9.17, 15) is 8.42 Å². The quantitative estimate of drug-likeness (QED) is 0.586. The van der Waals surface area contributed by atoms with Crippen LogP contribution in [0.15, 0.2) is 104 Å². The zero-order valence-corrected chi connectivity index (χ0v) is 16.2. The molecule has 1 heterocycles. The molecule has 0 spiro atoms. The maximum absolute atomic E-state index is 10.3. The van der Waals surface area contributed by atoms with E-state index in [0.717, 1.165) is 16.5 Å². The summed E-state index contributed by atoms with van der Waals surface area (Å²) in [4.78, 5) is 3.85. The Morgan fingerprint density at radius 3 is 1.50 bits per heavy atom. The van der Waals surface area contributed by atoms with Gasteiger partial charge in [-0.25, -0.2) is 0 Å². The summed E-state index contributed by atoms with van der Waals surface area (Å²) in [6.45, 7) is 7.23. The topological polar surface area (TPSA) is 67.3 Å². The second-order valence-corrected chi connectivity index (χ2v) is 6.63. The molecule has 5 heteroatoms. The molecule has 0 bridgehead atoms. The SMILES string of the molecule is C=Cc1ccccc1.C=Cc1ccncc1.O=S(=O)(O)C=Cc1ccccc1. The Bertz CT molecular complexity index is 909. The molecule has 0 fully saturated rings. The second-order valence-electron chi connectivity index (χ2n) is 5.33. The van der Waals surface area contributed by atoms with E-state index in [1.165, 1.54) is 11.6 Å². The molecule has 0 amide bonds. The van der Waals surface area contributed by atoms with Crippen molar-refractivity contribution in [3.8, 4) is 0 Å². The molecular formula is C23H23NO3S. The Labute approximate surface area is 167 Å². The number of pyridine rings is 1. The van der Waals surface area contributed by atoms with Gasteiger partial charge >= 0.3 is 0 Å². The zero-order valence-electron chi connectivity index (χ0n) is 15.4. The summed E-state index contributed by atoms with van der Waals surface area (Å²) in [6, 6.07) is 22.7. The van der Waals surface area contributed by atoms with Crippen LogP contribution in [0.4, 0.5) is 0 Å². The maximum atomic E-state index is 10.3. The molecule has 0 radical (unpaired) electrons. The standard InChI is InChI=1S/C8H8O3S.C8H8.C7H7N/c9-12(10,11)7-6-8-4-2-1-3-5-8;1-2-8-6-4-3-5-7-8;1-2-7-3-5-8-6-4-7/h1-7H,(H,9,10,11);2-7H,1H2;2-6H,1H2. The molecule has 0 aliphatic carbocycles. The fourth-order valence-electron chi connectivity index (χ4n) is 1.82. The highest BCUT2D eigenvalue weighted by Gasteiger charge is 1.94. The summed E-state index contributed by atoms with van der Waals surface area (Å²) in [5.41, 5.74) is 3.02. The molecule has 3 rings (SSSR count). The molecule has 3 aromatic rings. The van der Waals surface area contributed by atoms with Crippen molar-refractivity contribution in [3.63, 3.8) is 0 Å². The van der Waals surface area contributed by atoms with Gasteiger partial charge < -0.3 is 0 Å². The first kappa shape index (κ1) is 22.8. The number of aromatic nitrogens is 1. The largest absolute Gasteiger partial charge is 0.287 e. The van der Waals surface area contributed by atoms with Crippen LogP contribution in [0.1, 0.15) is 16.7 Å². The first-order valence-corrected chi connectivity index (χ1v) is 9.85. The lowest BCUT2D eigenvalue weighted by molar-refractivity contribution is 0.494. The maximum Gasteiger partial charge on any atom is 0.287 e. The van der Waals surface area contributed by atoms with Crippen LogP contribution >= 0.6 is 0 Å². The number of hydrogen-bond acceptors (Lipinski definition) is 3. The fourth-order valence-corrected chi connectivity index (χ4v) is 2.15. The second kappa shape index (κ2) is 13.0. The summed E-state index contributed by atoms with van der Waals surface area (Å²) < 4.78 is 28.9. The Hall–Kier alpha value is -3.28. The molecule has 0 aliphatic heterocycles. The van der Waals surface area contributed by atoms with E-state index in [1.807, 2.05) is 54.6 Å². The molecule has 0 saturated heterocycles. The van der Waals surface area contributed by atoms with Gasteiger partial charge in [-0.3, -0.25) is 9.54 Å². The van der Waals surface area contributed by atoms with Crippen LogP contribution in [0.5, 0.6) is 0 Å². The van der Waals surface area contributed by atoms with Crippen LogP contribution in [-0.2, 0) is 10.1 Å². The molecule has 0 saturated carbocycles. The van der Waals surface area contributed by atoms with Crippen molar-refractivity contribution in [2.45, 2.75) is 0 Å². The Balaban J connectivity index is 0.000000217. The van der Waals surface area contributed by atoms with E-state index in [1.54, 1.807) is 42.7 Å². The van der Waals surface area contributed by atoms with Gasteiger partial charge in [0.1, 0.15) is 0 Å². The summed E-state index contributed by atoms with van der Waals surface area (Å²) in [7, 11) is -4.00. The van der Waals surface area contributed by atoms with Gasteiger partial charge in [0.05, 0.1) is 5.41 Å². The Morgan fingerprint density at radius 1 is 0.714 bits per heavy atom. The van der Waals surface area contributed by atoms with Crippen LogP contribution in [0.25, 0.3) is 18.2 Å². The van der Waals surface area contributed by atoms with Crippen LogP contribution < -0.4 is 0 Å². The van der Waals surface area contributed by atoms with Gasteiger partial charge in [0, 0.05) is 12.4 Å². The molecule has 1 N–H and O–H groups in total. The number of nitrogens with zero attached hydrogens (tertiary/aromatic N) is 1. The Kier molecular flexibility index (Phi) is 10.5. The van der Waals surface area contributed by atoms with Crippen molar-refractivity contribution in [3.05, 3.63) is 120 Å². The molecule has 0 unspecified atom stereocenters. The molecule has 28 heavy (non-hydrogen) atoms. The van der Waals surface area contributed by atoms with Crippen molar-refractivity contribution in [2.75, 3.05) is 0 Å². The van der Waals surface area contributed by atoms with E-state index < -0.39 is 10.1 Å². The predicted molar refractivity (Wildman–Crippen MR) is 118 cm³/mol. The van der Waals surface area contributed by atoms with Gasteiger partial charge in [0.2, 0.25) is 0 Å². The zero-order chi connectivity index (χ0) is 20.7. The van der Waals surface area contributed by atoms with E-state index in [2.05, 4.69) is 18.1 Å². The van der Waals surface area contributed by atoms with Crippen LogP contribution in [0.2, 0.25) is 0 Å². The minimum atomic E-state index is -4.00. The number of hydrogen-bond donors (Lipinski definition) is 1. The van der Waals surface area contributed by atoms with Gasteiger partial charge in [0.25, 0.3) is 10.1 Å². The van der Waals surface area contributed by atoms with Gasteiger partial charge in [-0.15, -0.1) is 0 Å². The third-order valence-electron chi connectivity index (χ3n) is 3.21. The molecule has 0 aliphatic rings. The first-order chi connectivity index (χ1) is 13.4. The van der Waals surface area contributed by atoms with Crippen LogP contribution in [0, 0.1) is 0 Å². The van der Waals surface area contributed by atoms with Crippen molar-refractivity contribution >= 4 is 28.3 Å². The average molecular weight is 394 g/mol. The van der Waals surface area contributed by atoms with Gasteiger partial charge in [-0.05, 0) is 34.9 Å². The van der Waals surface area contributed by atoms with E-state index in [-0.39, 0.29) is 0 Å². The fraction of sp³-hybridized carbons (Fsp3) is 0. The van der Waals surface area contributed by atoms with Crippen molar-refractivity contribution in [1.29, 1.82) is 0 Å². The van der Waals surface area contributed by atoms with E-state index in [4.69, 9.17) is 4.55 Å². The first-order valence-electron chi connectivity index (χ1n) is 8.35. The minimum absolute atomic E-state index is 0.732. The summed E-state index contributed by atoms with van der Waals surface area (Å²) >= 11 is 0. The van der Waals surface area contributed by atoms with Crippen molar-refractivity contribution in [1.82, 2.24) is 4.98 Å². The van der Waals surface area contributed by atoms with E-state index in [0.29, 0.717) is 0 Å². The number of rotatable bonds is 4. The molecule has 1 aromatic heterocycles. The average Bonchev–Trinajstić information content (AvgIpc) is 2.74. The van der Waals surface area contributed by atoms with Gasteiger partial charge in [-0.1, -0.05) is 86.0 Å². The third kappa shape index (κ3) is 11.4. The molecule has 2 aromatic carbocycles. The Morgan fingerprint density at radius 2 is 1.14 bits per heavy atom. The lowest BCUT2D eigenvalue weighted by Crippen LogP contribution is -1.88.